The van der Waals surface area contributed by atoms with Crippen LogP contribution in [0.3, 0.4) is 0 Å². The molecule has 0 unspecified atom stereocenters. The fourth-order valence-corrected chi connectivity index (χ4v) is 1.41. The van der Waals surface area contributed by atoms with Gasteiger partial charge in [-0.2, -0.15) is 0 Å². The zero-order valence-corrected chi connectivity index (χ0v) is 5.80. The number of thiazole rings is 1. The van der Waals surface area contributed by atoms with Crippen LogP contribution in [0.1, 0.15) is 0 Å². The minimum atomic E-state index is 0.191. The van der Waals surface area contributed by atoms with E-state index >= 15 is 0 Å². The maximum absolute atomic E-state index is 8.96. The largest absolute Gasteiger partial charge is 0.506 e. The fourth-order valence-electron chi connectivity index (χ4n) is 0.744. The molecule has 2 heterocycles. The molecule has 3 nitrogen and oxygen atoms in total. The summed E-state index contributed by atoms with van der Waals surface area (Å²) in [6, 6.07) is 1.65. The first kappa shape index (κ1) is 5.61. The summed E-state index contributed by atoms with van der Waals surface area (Å²) >= 11 is 1.47. The van der Waals surface area contributed by atoms with Gasteiger partial charge in [-0.3, -0.25) is 0 Å². The highest BCUT2D eigenvalue weighted by molar-refractivity contribution is 7.16. The molecular weight excluding hydrogens is 148 g/mol. The molecule has 0 aliphatic carbocycles. The number of pyridine rings is 1. The Labute approximate surface area is 61.0 Å². The molecule has 0 atom stereocenters. The van der Waals surface area contributed by atoms with E-state index in [0.29, 0.717) is 5.65 Å². The lowest BCUT2D eigenvalue weighted by molar-refractivity contribution is 0.474. The second-order valence-corrected chi connectivity index (χ2v) is 2.75. The van der Waals surface area contributed by atoms with Crippen molar-refractivity contribution in [3.8, 4) is 5.75 Å². The van der Waals surface area contributed by atoms with E-state index in [1.54, 1.807) is 11.6 Å². The molecule has 0 amide bonds. The Hall–Kier alpha value is -1.16. The van der Waals surface area contributed by atoms with E-state index in [1.165, 1.54) is 17.5 Å². The van der Waals surface area contributed by atoms with Crippen LogP contribution in [0.15, 0.2) is 17.8 Å². The lowest BCUT2D eigenvalue weighted by atomic mass is 10.4. The summed E-state index contributed by atoms with van der Waals surface area (Å²) < 4.78 is 0.917. The standard InChI is InChI=1S/C6H4N2OS/c9-4-1-5-6(7-2-4)8-3-10-5/h1-3,9H. The van der Waals surface area contributed by atoms with Crippen LogP contribution in [0.25, 0.3) is 10.3 Å². The quantitative estimate of drug-likeness (QED) is 0.620. The van der Waals surface area contributed by atoms with E-state index in [4.69, 9.17) is 5.11 Å². The highest BCUT2D eigenvalue weighted by Gasteiger charge is 1.96. The van der Waals surface area contributed by atoms with Gasteiger partial charge in [0.15, 0.2) is 5.65 Å². The average Bonchev–Trinajstić information content (AvgIpc) is 2.33. The first-order valence-electron chi connectivity index (χ1n) is 2.74. The predicted octanol–water partition coefficient (Wildman–Crippen LogP) is 1.40. The van der Waals surface area contributed by atoms with E-state index < -0.39 is 0 Å². The van der Waals surface area contributed by atoms with Crippen molar-refractivity contribution in [2.75, 3.05) is 0 Å². The summed E-state index contributed by atoms with van der Waals surface area (Å²) in [7, 11) is 0. The van der Waals surface area contributed by atoms with Crippen LogP contribution in [-0.2, 0) is 0 Å². The molecule has 2 aromatic heterocycles. The topological polar surface area (TPSA) is 46.0 Å². The molecule has 0 aliphatic rings. The summed E-state index contributed by atoms with van der Waals surface area (Å²) in [4.78, 5) is 7.85. The van der Waals surface area contributed by atoms with E-state index in [-0.39, 0.29) is 5.75 Å². The molecule has 0 aliphatic heterocycles. The molecule has 0 saturated carbocycles. The van der Waals surface area contributed by atoms with Crippen LogP contribution in [0.2, 0.25) is 0 Å². The van der Waals surface area contributed by atoms with Crippen molar-refractivity contribution in [3.63, 3.8) is 0 Å². The number of rotatable bonds is 0. The van der Waals surface area contributed by atoms with Gasteiger partial charge in [0.05, 0.1) is 16.4 Å². The third-order valence-corrected chi connectivity index (χ3v) is 1.94. The van der Waals surface area contributed by atoms with Crippen LogP contribution in [0.4, 0.5) is 0 Å². The molecule has 0 aromatic carbocycles. The summed E-state index contributed by atoms with van der Waals surface area (Å²) in [6.07, 6.45) is 1.39. The second-order valence-electron chi connectivity index (χ2n) is 1.87. The van der Waals surface area contributed by atoms with Gasteiger partial charge in [0, 0.05) is 6.07 Å². The highest BCUT2D eigenvalue weighted by Crippen LogP contribution is 2.19. The van der Waals surface area contributed by atoms with Gasteiger partial charge in [-0.15, -0.1) is 11.3 Å². The molecule has 2 rings (SSSR count). The van der Waals surface area contributed by atoms with Gasteiger partial charge < -0.3 is 5.11 Å². The van der Waals surface area contributed by atoms with Gasteiger partial charge in [-0.1, -0.05) is 0 Å². The molecular formula is C6H4N2OS. The van der Waals surface area contributed by atoms with Crippen LogP contribution < -0.4 is 0 Å². The highest BCUT2D eigenvalue weighted by atomic mass is 32.1. The maximum atomic E-state index is 8.96. The minimum Gasteiger partial charge on any atom is -0.506 e. The lowest BCUT2D eigenvalue weighted by Crippen LogP contribution is -1.72. The predicted molar refractivity (Wildman–Crippen MR) is 39.1 cm³/mol. The number of fused-ring (bicyclic) bond motifs is 1. The van der Waals surface area contributed by atoms with Crippen LogP contribution >= 0.6 is 11.3 Å². The summed E-state index contributed by atoms with van der Waals surface area (Å²) in [5.41, 5.74) is 2.40. The van der Waals surface area contributed by atoms with Gasteiger partial charge in [-0.25, -0.2) is 9.97 Å². The van der Waals surface area contributed by atoms with Crippen LogP contribution in [0, 0.1) is 0 Å². The van der Waals surface area contributed by atoms with Crippen molar-refractivity contribution in [1.29, 1.82) is 0 Å². The van der Waals surface area contributed by atoms with Crippen molar-refractivity contribution in [2.45, 2.75) is 0 Å². The van der Waals surface area contributed by atoms with Gasteiger partial charge in [0.2, 0.25) is 0 Å². The Balaban J connectivity index is 2.86. The average molecular weight is 152 g/mol. The zero-order chi connectivity index (χ0) is 6.97. The molecule has 2 aromatic rings. The summed E-state index contributed by atoms with van der Waals surface area (Å²) in [5.74, 6) is 0.191. The van der Waals surface area contributed by atoms with Crippen molar-refractivity contribution < 1.29 is 5.11 Å². The number of nitrogens with zero attached hydrogens (tertiary/aromatic N) is 2. The molecule has 4 heteroatoms. The van der Waals surface area contributed by atoms with E-state index in [9.17, 15) is 0 Å². The van der Waals surface area contributed by atoms with E-state index in [0.717, 1.165) is 4.70 Å². The molecule has 0 bridgehead atoms. The second kappa shape index (κ2) is 1.91. The van der Waals surface area contributed by atoms with Gasteiger partial charge >= 0.3 is 0 Å². The third kappa shape index (κ3) is 0.733. The zero-order valence-electron chi connectivity index (χ0n) is 4.98. The van der Waals surface area contributed by atoms with Crippen molar-refractivity contribution in [3.05, 3.63) is 17.8 Å². The monoisotopic (exact) mass is 152 g/mol. The van der Waals surface area contributed by atoms with Crippen LogP contribution in [0.5, 0.6) is 5.75 Å². The number of aromatic hydroxyl groups is 1. The Morgan fingerprint density at radius 1 is 1.40 bits per heavy atom. The Bertz CT molecular complexity index is 357. The Morgan fingerprint density at radius 2 is 2.30 bits per heavy atom. The SMILES string of the molecule is Oc1cnc2ncsc2c1. The Kier molecular flexibility index (Phi) is 1.07. The van der Waals surface area contributed by atoms with Gasteiger partial charge in [0.25, 0.3) is 0 Å². The first-order valence-corrected chi connectivity index (χ1v) is 3.62. The normalized spacial score (nSPS) is 10.4. The van der Waals surface area contributed by atoms with Crippen LogP contribution in [-0.4, -0.2) is 15.1 Å². The molecule has 0 fully saturated rings. The molecule has 0 saturated heterocycles. The minimum absolute atomic E-state index is 0.191. The summed E-state index contributed by atoms with van der Waals surface area (Å²) in [5, 5.41) is 8.96. The fraction of sp³-hybridized carbons (Fsp3) is 0. The van der Waals surface area contributed by atoms with Crippen molar-refractivity contribution in [1.82, 2.24) is 9.97 Å². The molecule has 50 valence electrons. The molecule has 0 radical (unpaired) electrons. The third-order valence-electron chi connectivity index (χ3n) is 1.17. The van der Waals surface area contributed by atoms with E-state index in [1.807, 2.05) is 0 Å². The van der Waals surface area contributed by atoms with Crippen molar-refractivity contribution >= 4 is 21.7 Å². The van der Waals surface area contributed by atoms with E-state index in [2.05, 4.69) is 9.97 Å². The lowest BCUT2D eigenvalue weighted by Gasteiger charge is -1.87. The first-order chi connectivity index (χ1) is 4.86. The number of aromatic nitrogens is 2. The maximum Gasteiger partial charge on any atom is 0.170 e. The number of hydrogen-bond donors (Lipinski definition) is 1. The summed E-state index contributed by atoms with van der Waals surface area (Å²) in [6.45, 7) is 0. The Morgan fingerprint density at radius 3 is 3.20 bits per heavy atom. The molecule has 10 heavy (non-hydrogen) atoms. The molecule has 1 N–H and O–H groups in total. The molecule has 0 spiro atoms. The van der Waals surface area contributed by atoms with Crippen molar-refractivity contribution in [2.24, 2.45) is 0 Å². The van der Waals surface area contributed by atoms with Gasteiger partial charge in [0.1, 0.15) is 5.75 Å². The smallest absolute Gasteiger partial charge is 0.170 e. The number of hydrogen-bond acceptors (Lipinski definition) is 4. The van der Waals surface area contributed by atoms with Gasteiger partial charge in [-0.05, 0) is 0 Å².